The Morgan fingerprint density at radius 3 is 2.55 bits per heavy atom. The number of amides is 1. The number of nitrogens with one attached hydrogen (secondary N) is 1. The van der Waals surface area contributed by atoms with E-state index in [1.54, 1.807) is 6.07 Å². The SMILES string of the molecule is O=C(Nc1ccc2c(c1)-c1ccccc1C2)c1cc([N+](=O)[O-])ccc1N1CCOCC1. The highest BCUT2D eigenvalue weighted by atomic mass is 16.6. The molecule has 1 N–H and O–H groups in total. The highest BCUT2D eigenvalue weighted by Gasteiger charge is 2.23. The molecular weight excluding hydrogens is 394 g/mol. The number of hydrogen-bond acceptors (Lipinski definition) is 5. The van der Waals surface area contributed by atoms with Crippen LogP contribution in [0.3, 0.4) is 0 Å². The molecule has 2 aliphatic rings. The number of nitro benzene ring substituents is 1. The molecule has 156 valence electrons. The first kappa shape index (κ1) is 19.3. The lowest BCUT2D eigenvalue weighted by atomic mass is 10.0. The molecule has 1 amide bonds. The Hall–Kier alpha value is -3.71. The number of nitrogens with zero attached hydrogens (tertiary/aromatic N) is 2. The van der Waals surface area contributed by atoms with E-state index in [4.69, 9.17) is 4.74 Å². The van der Waals surface area contributed by atoms with E-state index in [2.05, 4.69) is 17.4 Å². The maximum Gasteiger partial charge on any atom is 0.270 e. The van der Waals surface area contributed by atoms with Gasteiger partial charge < -0.3 is 15.0 Å². The van der Waals surface area contributed by atoms with Gasteiger partial charge in [-0.15, -0.1) is 0 Å². The maximum absolute atomic E-state index is 13.2. The zero-order valence-corrected chi connectivity index (χ0v) is 16.8. The smallest absolute Gasteiger partial charge is 0.270 e. The number of anilines is 2. The second-order valence-electron chi connectivity index (χ2n) is 7.72. The Balaban J connectivity index is 1.47. The van der Waals surface area contributed by atoms with Crippen LogP contribution in [0.25, 0.3) is 11.1 Å². The van der Waals surface area contributed by atoms with Crippen molar-refractivity contribution < 1.29 is 14.5 Å². The van der Waals surface area contributed by atoms with Crippen molar-refractivity contribution >= 4 is 23.0 Å². The van der Waals surface area contributed by atoms with Gasteiger partial charge in [-0.3, -0.25) is 14.9 Å². The number of carbonyl (C=O) groups excluding carboxylic acids is 1. The van der Waals surface area contributed by atoms with Crippen LogP contribution >= 0.6 is 0 Å². The predicted molar refractivity (Wildman–Crippen MR) is 119 cm³/mol. The molecular formula is C24H21N3O4. The van der Waals surface area contributed by atoms with E-state index in [-0.39, 0.29) is 17.2 Å². The molecule has 0 atom stereocenters. The van der Waals surface area contributed by atoms with Crippen molar-refractivity contribution in [3.63, 3.8) is 0 Å². The molecule has 3 aromatic rings. The standard InChI is InChI=1S/C24H21N3O4/c28-24(22-15-19(27(29)30)7-8-23(22)26-9-11-31-12-10-26)25-18-6-5-17-13-16-3-1-2-4-20(16)21(17)14-18/h1-8,14-15H,9-13H2,(H,25,28). The second kappa shape index (κ2) is 7.85. The van der Waals surface area contributed by atoms with E-state index in [0.717, 1.165) is 12.0 Å². The molecule has 0 saturated carbocycles. The Kier molecular flexibility index (Phi) is 4.88. The van der Waals surface area contributed by atoms with Gasteiger partial charge >= 0.3 is 0 Å². The van der Waals surface area contributed by atoms with Gasteiger partial charge in [0.1, 0.15) is 0 Å². The Morgan fingerprint density at radius 1 is 0.968 bits per heavy atom. The fourth-order valence-electron chi connectivity index (χ4n) is 4.30. The summed E-state index contributed by atoms with van der Waals surface area (Å²) in [7, 11) is 0. The first-order chi connectivity index (χ1) is 15.1. The monoisotopic (exact) mass is 415 g/mol. The van der Waals surface area contributed by atoms with Crippen molar-refractivity contribution in [2.75, 3.05) is 36.5 Å². The minimum absolute atomic E-state index is 0.106. The summed E-state index contributed by atoms with van der Waals surface area (Å²) < 4.78 is 5.40. The lowest BCUT2D eigenvalue weighted by Gasteiger charge is -2.30. The van der Waals surface area contributed by atoms with E-state index < -0.39 is 4.92 Å². The number of carbonyl (C=O) groups is 1. The molecule has 1 aliphatic heterocycles. The molecule has 1 aliphatic carbocycles. The highest BCUT2D eigenvalue weighted by molar-refractivity contribution is 6.09. The molecule has 1 fully saturated rings. The van der Waals surface area contributed by atoms with Gasteiger partial charge in [0.15, 0.2) is 0 Å². The molecule has 0 radical (unpaired) electrons. The van der Waals surface area contributed by atoms with Crippen molar-refractivity contribution in [2.24, 2.45) is 0 Å². The average molecular weight is 415 g/mol. The first-order valence-corrected chi connectivity index (χ1v) is 10.2. The van der Waals surface area contributed by atoms with Crippen molar-refractivity contribution in [3.05, 3.63) is 87.5 Å². The van der Waals surface area contributed by atoms with Crippen LogP contribution in [0.5, 0.6) is 0 Å². The summed E-state index contributed by atoms with van der Waals surface area (Å²) in [5.41, 5.74) is 6.32. The van der Waals surface area contributed by atoms with Crippen molar-refractivity contribution in [2.45, 2.75) is 6.42 Å². The zero-order valence-electron chi connectivity index (χ0n) is 16.8. The summed E-state index contributed by atoms with van der Waals surface area (Å²) in [4.78, 5) is 26.1. The number of morpholine rings is 1. The van der Waals surface area contributed by atoms with Crippen LogP contribution in [0.1, 0.15) is 21.5 Å². The number of nitro groups is 1. The minimum atomic E-state index is -0.480. The Labute approximate surface area is 179 Å². The molecule has 0 aromatic heterocycles. The van der Waals surface area contributed by atoms with E-state index in [1.807, 2.05) is 35.2 Å². The van der Waals surface area contributed by atoms with Crippen LogP contribution in [-0.4, -0.2) is 37.1 Å². The van der Waals surface area contributed by atoms with Gasteiger partial charge in [0, 0.05) is 30.9 Å². The second-order valence-corrected chi connectivity index (χ2v) is 7.72. The van der Waals surface area contributed by atoms with Crippen molar-refractivity contribution in [1.82, 2.24) is 0 Å². The first-order valence-electron chi connectivity index (χ1n) is 10.2. The largest absolute Gasteiger partial charge is 0.378 e. The fraction of sp³-hybridized carbons (Fsp3) is 0.208. The molecule has 1 saturated heterocycles. The van der Waals surface area contributed by atoms with E-state index >= 15 is 0 Å². The van der Waals surface area contributed by atoms with Crippen molar-refractivity contribution in [1.29, 1.82) is 0 Å². The van der Waals surface area contributed by atoms with Gasteiger partial charge in [0.2, 0.25) is 0 Å². The number of ether oxygens (including phenoxy) is 1. The van der Waals surface area contributed by atoms with Crippen LogP contribution in [0.2, 0.25) is 0 Å². The molecule has 0 bridgehead atoms. The van der Waals surface area contributed by atoms with Gasteiger partial charge in [-0.05, 0) is 46.9 Å². The van der Waals surface area contributed by atoms with E-state index in [9.17, 15) is 14.9 Å². The number of non-ortho nitro benzene ring substituents is 1. The van der Waals surface area contributed by atoms with Crippen LogP contribution < -0.4 is 10.2 Å². The third kappa shape index (κ3) is 3.64. The number of rotatable bonds is 4. The molecule has 0 spiro atoms. The number of benzene rings is 3. The van der Waals surface area contributed by atoms with Crippen molar-refractivity contribution in [3.8, 4) is 11.1 Å². The normalized spacial score (nSPS) is 14.6. The lowest BCUT2D eigenvalue weighted by molar-refractivity contribution is -0.384. The van der Waals surface area contributed by atoms with E-state index in [0.29, 0.717) is 37.7 Å². The van der Waals surface area contributed by atoms with E-state index in [1.165, 1.54) is 28.8 Å². The van der Waals surface area contributed by atoms with Crippen LogP contribution in [0.4, 0.5) is 17.1 Å². The average Bonchev–Trinajstić information content (AvgIpc) is 3.17. The predicted octanol–water partition coefficient (Wildman–Crippen LogP) is 4.25. The summed E-state index contributed by atoms with van der Waals surface area (Å²) in [5.74, 6) is -0.364. The number of hydrogen-bond donors (Lipinski definition) is 1. The molecule has 31 heavy (non-hydrogen) atoms. The summed E-state index contributed by atoms with van der Waals surface area (Å²) in [5, 5.41) is 14.3. The quantitative estimate of drug-likeness (QED) is 0.398. The van der Waals surface area contributed by atoms with Gasteiger partial charge in [-0.1, -0.05) is 30.3 Å². The zero-order chi connectivity index (χ0) is 21.4. The van der Waals surface area contributed by atoms with Gasteiger partial charge in [0.25, 0.3) is 11.6 Å². The summed E-state index contributed by atoms with van der Waals surface area (Å²) >= 11 is 0. The minimum Gasteiger partial charge on any atom is -0.378 e. The van der Waals surface area contributed by atoms with Crippen LogP contribution in [0, 0.1) is 10.1 Å². The molecule has 7 nitrogen and oxygen atoms in total. The Bertz CT molecular complexity index is 1190. The lowest BCUT2D eigenvalue weighted by Crippen LogP contribution is -2.37. The third-order valence-corrected chi connectivity index (χ3v) is 5.84. The molecule has 5 rings (SSSR count). The molecule has 0 unspecified atom stereocenters. The summed E-state index contributed by atoms with van der Waals surface area (Å²) in [6, 6.07) is 18.6. The van der Waals surface area contributed by atoms with Gasteiger partial charge in [-0.2, -0.15) is 0 Å². The molecule has 3 aromatic carbocycles. The third-order valence-electron chi connectivity index (χ3n) is 5.84. The van der Waals surface area contributed by atoms with Crippen LogP contribution in [-0.2, 0) is 11.2 Å². The van der Waals surface area contributed by atoms with Gasteiger partial charge in [0.05, 0.1) is 29.4 Å². The van der Waals surface area contributed by atoms with Crippen LogP contribution in [0.15, 0.2) is 60.7 Å². The molecule has 7 heteroatoms. The van der Waals surface area contributed by atoms with Gasteiger partial charge in [-0.25, -0.2) is 0 Å². The molecule has 1 heterocycles. The highest BCUT2D eigenvalue weighted by Crippen LogP contribution is 2.38. The maximum atomic E-state index is 13.2. The summed E-state index contributed by atoms with van der Waals surface area (Å²) in [6.45, 7) is 2.38. The topological polar surface area (TPSA) is 84.7 Å². The summed E-state index contributed by atoms with van der Waals surface area (Å²) in [6.07, 6.45) is 0.881. The Morgan fingerprint density at radius 2 is 1.74 bits per heavy atom. The number of fused-ring (bicyclic) bond motifs is 3. The fourth-order valence-corrected chi connectivity index (χ4v) is 4.30.